The van der Waals surface area contributed by atoms with Crippen molar-refractivity contribution in [3.8, 4) is 51.0 Å². The zero-order valence-electron chi connectivity index (χ0n) is 39.5. The second-order valence-electron chi connectivity index (χ2n) is 18.7. The number of aliphatic hydroxyl groups excluding tert-OH is 1. The predicted octanol–water partition coefficient (Wildman–Crippen LogP) is 7.83. The number of hydrogen-bond donors (Lipinski definition) is 5. The van der Waals surface area contributed by atoms with Gasteiger partial charge in [0, 0.05) is 41.4 Å². The highest BCUT2D eigenvalue weighted by molar-refractivity contribution is 7.10. The van der Waals surface area contributed by atoms with Gasteiger partial charge in [-0.25, -0.2) is 28.3 Å². The van der Waals surface area contributed by atoms with E-state index >= 15 is 8.78 Å². The minimum Gasteiger partial charge on any atom is -0.485 e. The number of rotatable bonds is 12. The Hall–Kier alpha value is -6.71. The highest BCUT2D eigenvalue weighted by Gasteiger charge is 2.43. The monoisotopic (exact) mass is 983 g/mol. The fourth-order valence-electron chi connectivity index (χ4n) is 10.2. The number of nitrogens with one attached hydrogen (secondary N) is 4. The van der Waals surface area contributed by atoms with Crippen molar-refractivity contribution in [3.63, 3.8) is 0 Å². The van der Waals surface area contributed by atoms with Crippen LogP contribution in [0.4, 0.5) is 18.4 Å². The topological polar surface area (TPSA) is 210 Å². The molecule has 6 aromatic rings. The Bertz CT molecular complexity index is 2950. The molecule has 0 aliphatic carbocycles. The molecule has 18 nitrogen and oxygen atoms in total. The molecule has 4 aliphatic heterocycles. The van der Waals surface area contributed by atoms with Crippen molar-refractivity contribution < 1.29 is 52.0 Å². The molecule has 70 heavy (non-hydrogen) atoms. The fourth-order valence-corrected chi connectivity index (χ4v) is 11.1. The molecule has 0 bridgehead atoms. The number of thiophene rings is 1. The van der Waals surface area contributed by atoms with Crippen LogP contribution in [-0.2, 0) is 14.3 Å². The molecule has 2 saturated heterocycles. The largest absolute Gasteiger partial charge is 0.485 e. The van der Waals surface area contributed by atoms with Crippen LogP contribution in [0.2, 0.25) is 0 Å². The number of amides is 3. The third-order valence-electron chi connectivity index (χ3n) is 13.7. The van der Waals surface area contributed by atoms with Gasteiger partial charge in [-0.1, -0.05) is 33.8 Å². The van der Waals surface area contributed by atoms with Crippen LogP contribution in [0.25, 0.3) is 44.7 Å². The minimum atomic E-state index is -1.23. The van der Waals surface area contributed by atoms with Crippen molar-refractivity contribution in [2.75, 3.05) is 40.5 Å². The lowest BCUT2D eigenvalue weighted by Gasteiger charge is -2.35. The molecule has 3 amide bonds. The lowest BCUT2D eigenvalue weighted by atomic mass is 10.0. The average molecular weight is 984 g/mol. The molecular weight excluding hydrogens is 929 g/mol. The van der Waals surface area contributed by atoms with E-state index in [1.807, 2.05) is 61.9 Å². The summed E-state index contributed by atoms with van der Waals surface area (Å²) in [7, 11) is 2.50. The first-order valence-electron chi connectivity index (χ1n) is 23.4. The van der Waals surface area contributed by atoms with Crippen LogP contribution >= 0.6 is 11.3 Å². The van der Waals surface area contributed by atoms with Crippen LogP contribution in [0, 0.1) is 17.7 Å². The molecule has 2 aromatic carbocycles. The van der Waals surface area contributed by atoms with Crippen LogP contribution in [0.1, 0.15) is 81.8 Å². The number of alkyl carbamates (subject to hydrolysis) is 2. The van der Waals surface area contributed by atoms with Gasteiger partial charge in [-0.2, -0.15) is 0 Å². The van der Waals surface area contributed by atoms with Crippen LogP contribution in [0.5, 0.6) is 17.2 Å². The van der Waals surface area contributed by atoms with Crippen molar-refractivity contribution in [3.05, 3.63) is 76.5 Å². The zero-order chi connectivity index (χ0) is 49.1. The fraction of sp³-hybridized carbons (Fsp3) is 0.449. The summed E-state index contributed by atoms with van der Waals surface area (Å²) < 4.78 is 62.6. The van der Waals surface area contributed by atoms with E-state index in [4.69, 9.17) is 23.7 Å². The van der Waals surface area contributed by atoms with Gasteiger partial charge in [0.2, 0.25) is 12.1 Å². The predicted molar refractivity (Wildman–Crippen MR) is 254 cm³/mol. The number of hydrogen-bond acceptors (Lipinski definition) is 13. The van der Waals surface area contributed by atoms with Crippen LogP contribution in [-0.4, -0.2) is 123 Å². The first-order valence-corrected chi connectivity index (χ1v) is 24.3. The molecule has 7 atom stereocenters. The van der Waals surface area contributed by atoms with Gasteiger partial charge in [-0.3, -0.25) is 14.3 Å². The number of aliphatic hydroxyl groups is 1. The quantitative estimate of drug-likeness (QED) is 0.0795. The minimum absolute atomic E-state index is 0.0499. The normalized spacial score (nSPS) is 21.0. The van der Waals surface area contributed by atoms with Gasteiger partial charge >= 0.3 is 12.2 Å². The molecule has 21 heteroatoms. The summed E-state index contributed by atoms with van der Waals surface area (Å²) in [6.07, 6.45) is 0.145. The molecule has 2 fully saturated rings. The summed E-state index contributed by atoms with van der Waals surface area (Å²) in [5.74, 6) is 1.31. The van der Waals surface area contributed by atoms with Gasteiger partial charge in [-0.15, -0.1) is 11.3 Å². The van der Waals surface area contributed by atoms with E-state index in [0.29, 0.717) is 77.7 Å². The van der Waals surface area contributed by atoms with Crippen molar-refractivity contribution >= 4 is 40.3 Å². The summed E-state index contributed by atoms with van der Waals surface area (Å²) in [6, 6.07) is 8.45. The Labute approximate surface area is 405 Å². The van der Waals surface area contributed by atoms with Gasteiger partial charge < -0.3 is 54.3 Å². The Morgan fingerprint density at radius 2 is 1.61 bits per heavy atom. The van der Waals surface area contributed by atoms with Crippen LogP contribution < -0.4 is 24.8 Å². The lowest BCUT2D eigenvalue weighted by Crippen LogP contribution is -2.54. The highest BCUT2D eigenvalue weighted by Crippen LogP contribution is 2.52. The third-order valence-corrected chi connectivity index (χ3v) is 14.7. The SMILES string of the molecule is COC(=O)N[C@@H](C(C)C)C(O)N1C[C@@H](F)C[C@H]1c1ncc(-c2ccc3c(c2)cc2n3C(c3scc4c3OCCO4)Oc3cc(-c4cnc([C@@H]5CCCN5C(=O)[C@@H](NC(=O)OC)C(C)C)[nH]4)cc(F)c3-2)[nH]1. The molecule has 0 saturated carbocycles. The van der Waals surface area contributed by atoms with Crippen LogP contribution in [0.15, 0.2) is 54.2 Å². The number of alkyl halides is 1. The van der Waals surface area contributed by atoms with Crippen LogP contribution in [0.3, 0.4) is 0 Å². The molecule has 8 heterocycles. The maximum absolute atomic E-state index is 17.0. The number of aromatic amines is 2. The van der Waals surface area contributed by atoms with Gasteiger partial charge in [0.1, 0.15) is 59.7 Å². The standard InChI is InChI=1S/C49H55F2N9O9S/c1-23(2)39(56-48(63)65-5)45(61)58-11-7-8-33(58)43-52-20-31(55-43)26-15-29(51)38-34-16-27-14-25(9-10-32(27)60(34)47(69-36(38)17-26)42-41-37(22-70-42)67-12-13-68-41)30-19-53-44(54-30)35-18-28(50)21-59(35)46(62)40(24(3)4)57-49(64)66-6/h9-10,14-17,19-20,22-24,28,33,35,39-40,46-47,62H,7-8,11-13,18,21H2,1-6H3,(H,52,55)(H,53,54)(H,56,63)(H,57,64)/t28-,33-,35-,39-,40-,46?,47?/m0/s1. The molecule has 0 spiro atoms. The van der Waals surface area contributed by atoms with E-state index in [1.54, 1.807) is 28.3 Å². The molecule has 4 aromatic heterocycles. The number of methoxy groups -OCH3 is 2. The van der Waals surface area contributed by atoms with E-state index in [2.05, 4.69) is 30.6 Å². The maximum atomic E-state index is 17.0. The Morgan fingerprint density at radius 1 is 0.900 bits per heavy atom. The van der Waals surface area contributed by atoms with E-state index in [-0.39, 0.29) is 36.3 Å². The molecule has 5 N–H and O–H groups in total. The Balaban J connectivity index is 0.981. The number of carbonyl (C=O) groups excluding carboxylic acids is 3. The third kappa shape index (κ3) is 8.46. The summed E-state index contributed by atoms with van der Waals surface area (Å²) in [5.41, 5.74) is 4.01. The van der Waals surface area contributed by atoms with Crippen molar-refractivity contribution in [1.29, 1.82) is 0 Å². The number of likely N-dealkylation sites (tertiary alicyclic amines) is 2. The number of nitrogens with zero attached hydrogens (tertiary/aromatic N) is 5. The molecule has 2 unspecified atom stereocenters. The van der Waals surface area contributed by atoms with Gasteiger partial charge in [0.25, 0.3) is 0 Å². The molecule has 4 aliphatic rings. The summed E-state index contributed by atoms with van der Waals surface area (Å²) in [5, 5.41) is 19.5. The molecular formula is C49H55F2N9O9S. The van der Waals surface area contributed by atoms with Gasteiger partial charge in [0.15, 0.2) is 11.5 Å². The van der Waals surface area contributed by atoms with Gasteiger partial charge in [-0.05, 0) is 55.0 Å². The number of ether oxygens (including phenoxy) is 5. The maximum Gasteiger partial charge on any atom is 0.407 e. The average Bonchev–Trinajstić information content (AvgIpc) is 4.22. The van der Waals surface area contributed by atoms with Crippen molar-refractivity contribution in [2.45, 2.75) is 89.8 Å². The Morgan fingerprint density at radius 3 is 2.34 bits per heavy atom. The van der Waals surface area contributed by atoms with E-state index in [0.717, 1.165) is 27.8 Å². The second-order valence-corrected chi connectivity index (χ2v) is 19.7. The number of H-pyrrole nitrogens is 2. The molecule has 10 rings (SSSR count). The number of halogens is 2. The summed E-state index contributed by atoms with van der Waals surface area (Å²) in [6.45, 7) is 8.61. The molecule has 0 radical (unpaired) electrons. The summed E-state index contributed by atoms with van der Waals surface area (Å²) in [4.78, 5) is 58.3. The first kappa shape index (κ1) is 47.0. The zero-order valence-corrected chi connectivity index (χ0v) is 40.3. The lowest BCUT2D eigenvalue weighted by molar-refractivity contribution is -0.135. The number of aromatic nitrogens is 5. The summed E-state index contributed by atoms with van der Waals surface area (Å²) >= 11 is 1.42. The van der Waals surface area contributed by atoms with Crippen molar-refractivity contribution in [2.24, 2.45) is 11.8 Å². The number of carbonyl (C=O) groups is 3. The van der Waals surface area contributed by atoms with E-state index in [9.17, 15) is 19.5 Å². The molecule has 370 valence electrons. The van der Waals surface area contributed by atoms with Crippen molar-refractivity contribution in [1.82, 2.24) is 44.9 Å². The smallest absolute Gasteiger partial charge is 0.407 e. The first-order chi connectivity index (χ1) is 33.7. The Kier molecular flexibility index (Phi) is 12.7. The highest BCUT2D eigenvalue weighted by atomic mass is 32.1. The van der Waals surface area contributed by atoms with Gasteiger partial charge in [0.05, 0.1) is 72.9 Å². The number of benzene rings is 2. The number of fused-ring (bicyclic) bond motifs is 6. The number of imidazole rings is 2. The second kappa shape index (κ2) is 18.9. The van der Waals surface area contributed by atoms with E-state index in [1.165, 1.54) is 31.6 Å². The van der Waals surface area contributed by atoms with E-state index < -0.39 is 60.8 Å².